The SMILES string of the molecule is COc1cccc(C2(C(=O)O)CC(F)(F)C2)c1. The highest BCUT2D eigenvalue weighted by Crippen LogP contribution is 2.53. The van der Waals surface area contributed by atoms with Crippen LogP contribution >= 0.6 is 0 Å². The molecule has 5 heteroatoms. The molecule has 1 aliphatic carbocycles. The number of hydrogen-bond acceptors (Lipinski definition) is 2. The van der Waals surface area contributed by atoms with Crippen molar-refractivity contribution in [3.8, 4) is 5.75 Å². The number of hydrogen-bond donors (Lipinski definition) is 1. The van der Waals surface area contributed by atoms with Crippen molar-refractivity contribution >= 4 is 5.97 Å². The van der Waals surface area contributed by atoms with Gasteiger partial charge in [0.1, 0.15) is 11.2 Å². The molecule has 0 radical (unpaired) electrons. The van der Waals surface area contributed by atoms with Crippen molar-refractivity contribution in [2.45, 2.75) is 24.2 Å². The molecule has 0 aromatic heterocycles. The van der Waals surface area contributed by atoms with Gasteiger partial charge in [-0.25, -0.2) is 8.78 Å². The fourth-order valence-corrected chi connectivity index (χ4v) is 2.23. The lowest BCUT2D eigenvalue weighted by Gasteiger charge is -2.44. The zero-order chi connectivity index (χ0) is 12.7. The minimum Gasteiger partial charge on any atom is -0.497 e. The number of ether oxygens (including phenoxy) is 1. The van der Waals surface area contributed by atoms with Gasteiger partial charge in [0, 0.05) is 12.8 Å². The second-order valence-corrected chi connectivity index (χ2v) is 4.33. The average Bonchev–Trinajstić information content (AvgIpc) is 2.25. The number of carboxylic acids is 1. The van der Waals surface area contributed by atoms with Crippen LogP contribution < -0.4 is 4.74 Å². The number of carbonyl (C=O) groups is 1. The summed E-state index contributed by atoms with van der Waals surface area (Å²) in [6.07, 6.45) is -1.30. The molecule has 17 heavy (non-hydrogen) atoms. The summed E-state index contributed by atoms with van der Waals surface area (Å²) < 4.78 is 30.9. The van der Waals surface area contributed by atoms with Gasteiger partial charge in [0.25, 0.3) is 5.92 Å². The van der Waals surface area contributed by atoms with Crippen molar-refractivity contribution < 1.29 is 23.4 Å². The van der Waals surface area contributed by atoms with E-state index in [0.29, 0.717) is 11.3 Å². The third-order valence-electron chi connectivity index (χ3n) is 3.15. The summed E-state index contributed by atoms with van der Waals surface area (Å²) in [6.45, 7) is 0. The molecule has 0 heterocycles. The van der Waals surface area contributed by atoms with Gasteiger partial charge in [-0.15, -0.1) is 0 Å². The van der Waals surface area contributed by atoms with Crippen LogP contribution in [0.1, 0.15) is 18.4 Å². The Morgan fingerprint density at radius 2 is 2.06 bits per heavy atom. The van der Waals surface area contributed by atoms with Crippen LogP contribution in [0.3, 0.4) is 0 Å². The summed E-state index contributed by atoms with van der Waals surface area (Å²) in [6, 6.07) is 6.31. The number of benzene rings is 1. The van der Waals surface area contributed by atoms with Crippen LogP contribution in [0.2, 0.25) is 0 Å². The third kappa shape index (κ3) is 1.85. The molecule has 1 saturated carbocycles. The van der Waals surface area contributed by atoms with Gasteiger partial charge in [0.2, 0.25) is 0 Å². The molecule has 1 aromatic rings. The predicted octanol–water partition coefficient (Wildman–Crippen LogP) is 2.45. The Bertz CT molecular complexity index is 449. The van der Waals surface area contributed by atoms with Gasteiger partial charge in [0.15, 0.2) is 0 Å². The molecule has 1 N–H and O–H groups in total. The van der Waals surface area contributed by atoms with Gasteiger partial charge in [-0.1, -0.05) is 12.1 Å². The Morgan fingerprint density at radius 3 is 2.53 bits per heavy atom. The van der Waals surface area contributed by atoms with Gasteiger partial charge in [-0.3, -0.25) is 4.79 Å². The minimum atomic E-state index is -2.89. The molecule has 0 atom stereocenters. The smallest absolute Gasteiger partial charge is 0.314 e. The first-order chi connectivity index (χ1) is 7.89. The Hall–Kier alpha value is -1.65. The van der Waals surface area contributed by atoms with Crippen LogP contribution in [0.15, 0.2) is 24.3 Å². The predicted molar refractivity (Wildman–Crippen MR) is 56.5 cm³/mol. The summed E-state index contributed by atoms with van der Waals surface area (Å²) in [5, 5.41) is 9.16. The largest absolute Gasteiger partial charge is 0.497 e. The van der Waals surface area contributed by atoms with Gasteiger partial charge in [-0.2, -0.15) is 0 Å². The molecule has 1 fully saturated rings. The third-order valence-corrected chi connectivity index (χ3v) is 3.15. The van der Waals surface area contributed by atoms with Crippen LogP contribution in [0.4, 0.5) is 8.78 Å². The van der Waals surface area contributed by atoms with Crippen molar-refractivity contribution in [2.75, 3.05) is 7.11 Å². The van der Waals surface area contributed by atoms with Gasteiger partial charge in [-0.05, 0) is 17.7 Å². The van der Waals surface area contributed by atoms with E-state index in [1.807, 2.05) is 0 Å². The molecule has 3 nitrogen and oxygen atoms in total. The van der Waals surface area contributed by atoms with Crippen LogP contribution in [-0.2, 0) is 10.2 Å². The average molecular weight is 242 g/mol. The first kappa shape index (κ1) is 11.8. The van der Waals surface area contributed by atoms with E-state index in [4.69, 9.17) is 9.84 Å². The van der Waals surface area contributed by atoms with Crippen molar-refractivity contribution in [3.05, 3.63) is 29.8 Å². The Morgan fingerprint density at radius 1 is 1.41 bits per heavy atom. The zero-order valence-corrected chi connectivity index (χ0v) is 9.24. The maximum Gasteiger partial charge on any atom is 0.314 e. The second-order valence-electron chi connectivity index (χ2n) is 4.33. The summed E-state index contributed by atoms with van der Waals surface area (Å²) in [7, 11) is 1.45. The fraction of sp³-hybridized carbons (Fsp3) is 0.417. The lowest BCUT2D eigenvalue weighted by atomic mass is 9.62. The topological polar surface area (TPSA) is 46.5 Å². The van der Waals surface area contributed by atoms with Crippen molar-refractivity contribution in [1.29, 1.82) is 0 Å². The Kier molecular flexibility index (Phi) is 2.56. The number of halogens is 2. The molecule has 0 spiro atoms. The summed E-state index contributed by atoms with van der Waals surface area (Å²) in [4.78, 5) is 11.2. The van der Waals surface area contributed by atoms with Gasteiger partial charge < -0.3 is 9.84 Å². The second kappa shape index (κ2) is 3.68. The van der Waals surface area contributed by atoms with Crippen molar-refractivity contribution in [3.63, 3.8) is 0 Å². The van der Waals surface area contributed by atoms with Crippen LogP contribution in [0.25, 0.3) is 0 Å². The molecule has 0 amide bonds. The maximum atomic E-state index is 13.0. The first-order valence-electron chi connectivity index (χ1n) is 5.15. The molecule has 1 aliphatic rings. The van der Waals surface area contributed by atoms with Gasteiger partial charge in [0.05, 0.1) is 7.11 Å². The van der Waals surface area contributed by atoms with Crippen LogP contribution in [0, 0.1) is 0 Å². The lowest BCUT2D eigenvalue weighted by Crippen LogP contribution is -2.54. The molecule has 2 rings (SSSR count). The molecular weight excluding hydrogens is 230 g/mol. The number of aliphatic carboxylic acids is 1. The molecule has 0 aliphatic heterocycles. The van der Waals surface area contributed by atoms with Crippen molar-refractivity contribution in [1.82, 2.24) is 0 Å². The normalized spacial score (nSPS) is 20.4. The monoisotopic (exact) mass is 242 g/mol. The highest BCUT2D eigenvalue weighted by atomic mass is 19.3. The van der Waals surface area contributed by atoms with E-state index in [9.17, 15) is 13.6 Å². The number of methoxy groups -OCH3 is 1. The molecule has 1 aromatic carbocycles. The van der Waals surface area contributed by atoms with Crippen LogP contribution in [0.5, 0.6) is 5.75 Å². The molecule has 0 unspecified atom stereocenters. The van der Waals surface area contributed by atoms with E-state index in [-0.39, 0.29) is 0 Å². The molecular formula is C12H12F2O3. The van der Waals surface area contributed by atoms with Gasteiger partial charge >= 0.3 is 5.97 Å². The summed E-state index contributed by atoms with van der Waals surface area (Å²) in [5.74, 6) is -3.63. The number of alkyl halides is 2. The van der Waals surface area contributed by atoms with E-state index < -0.39 is 30.1 Å². The van der Waals surface area contributed by atoms with Crippen LogP contribution in [-0.4, -0.2) is 24.1 Å². The number of rotatable bonds is 3. The maximum absolute atomic E-state index is 13.0. The first-order valence-corrected chi connectivity index (χ1v) is 5.15. The summed E-state index contributed by atoms with van der Waals surface area (Å²) in [5.41, 5.74) is -1.10. The lowest BCUT2D eigenvalue weighted by molar-refractivity contribution is -0.174. The van der Waals surface area contributed by atoms with E-state index in [1.54, 1.807) is 18.2 Å². The Labute approximate surface area is 97.0 Å². The standard InChI is InChI=1S/C12H12F2O3/c1-17-9-4-2-3-8(5-9)11(10(15)16)6-12(13,14)7-11/h2-5H,6-7H2,1H3,(H,15,16). The highest BCUT2D eigenvalue weighted by Gasteiger charge is 2.62. The van der Waals surface area contributed by atoms with Crippen molar-refractivity contribution in [2.24, 2.45) is 0 Å². The molecule has 0 bridgehead atoms. The molecule has 0 saturated heterocycles. The van der Waals surface area contributed by atoms with E-state index in [2.05, 4.69) is 0 Å². The number of carboxylic acid groups (broad SMARTS) is 1. The fourth-order valence-electron chi connectivity index (χ4n) is 2.23. The minimum absolute atomic E-state index is 0.371. The van der Waals surface area contributed by atoms with E-state index in [1.165, 1.54) is 13.2 Å². The Balaban J connectivity index is 2.38. The quantitative estimate of drug-likeness (QED) is 0.885. The highest BCUT2D eigenvalue weighted by molar-refractivity contribution is 5.83. The summed E-state index contributed by atoms with van der Waals surface area (Å²) >= 11 is 0. The van der Waals surface area contributed by atoms with E-state index >= 15 is 0 Å². The zero-order valence-electron chi connectivity index (χ0n) is 9.24. The molecule has 92 valence electrons. The van der Waals surface area contributed by atoms with E-state index in [0.717, 1.165) is 0 Å².